The minimum atomic E-state index is -0.557. The number of aryl methyl sites for hydroxylation is 1. The monoisotopic (exact) mass is 369 g/mol. The molecule has 0 aliphatic rings. The zero-order chi connectivity index (χ0) is 18.7. The normalized spacial score (nSPS) is 10.4. The predicted molar refractivity (Wildman–Crippen MR) is 102 cm³/mol. The molecule has 0 fully saturated rings. The summed E-state index contributed by atoms with van der Waals surface area (Å²) in [6.07, 6.45) is -0.557. The van der Waals surface area contributed by atoms with Crippen LogP contribution in [0.25, 0.3) is 10.9 Å². The summed E-state index contributed by atoms with van der Waals surface area (Å²) in [5.74, 6) is -0.273. The first kappa shape index (κ1) is 17.7. The maximum Gasteiger partial charge on any atom is 0.411 e. The number of ether oxygens (including phenoxy) is 1. The molecule has 1 heterocycles. The number of methoxy groups -OCH3 is 1. The van der Waals surface area contributed by atoms with Gasteiger partial charge in [-0.05, 0) is 55.5 Å². The van der Waals surface area contributed by atoms with Crippen LogP contribution in [-0.2, 0) is 4.74 Å². The van der Waals surface area contributed by atoms with Crippen LogP contribution >= 0.6 is 11.6 Å². The third-order valence-corrected chi connectivity index (χ3v) is 4.02. The van der Waals surface area contributed by atoms with Crippen LogP contribution in [0.5, 0.6) is 0 Å². The van der Waals surface area contributed by atoms with Gasteiger partial charge in [0.05, 0.1) is 23.9 Å². The second-order valence-corrected chi connectivity index (χ2v) is 6.04. The average molecular weight is 370 g/mol. The first-order valence-electron chi connectivity index (χ1n) is 7.79. The second-order valence-electron chi connectivity index (χ2n) is 5.61. The molecule has 0 saturated heterocycles. The van der Waals surface area contributed by atoms with E-state index in [9.17, 15) is 9.59 Å². The highest BCUT2D eigenvalue weighted by Crippen LogP contribution is 2.22. The third-order valence-electron chi connectivity index (χ3n) is 3.79. The lowest BCUT2D eigenvalue weighted by Crippen LogP contribution is -2.14. The Morgan fingerprint density at radius 2 is 1.65 bits per heavy atom. The number of carbonyl (C=O) groups excluding carboxylic acids is 2. The van der Waals surface area contributed by atoms with Gasteiger partial charge in [0.25, 0.3) is 5.91 Å². The quantitative estimate of drug-likeness (QED) is 0.705. The molecule has 2 amide bonds. The van der Waals surface area contributed by atoms with Crippen LogP contribution in [0, 0.1) is 6.92 Å². The van der Waals surface area contributed by atoms with Crippen LogP contribution in [0.1, 0.15) is 16.1 Å². The number of benzene rings is 2. The number of anilines is 2. The number of hydrogen-bond acceptors (Lipinski definition) is 4. The van der Waals surface area contributed by atoms with Gasteiger partial charge in [-0.1, -0.05) is 11.6 Å². The zero-order valence-electron chi connectivity index (χ0n) is 14.2. The van der Waals surface area contributed by atoms with Gasteiger partial charge in [0.15, 0.2) is 0 Å². The summed E-state index contributed by atoms with van der Waals surface area (Å²) in [5.41, 5.74) is 3.03. The molecule has 0 bridgehead atoms. The number of hydrogen-bond donors (Lipinski definition) is 2. The first-order valence-corrected chi connectivity index (χ1v) is 8.17. The lowest BCUT2D eigenvalue weighted by Gasteiger charge is -2.10. The van der Waals surface area contributed by atoms with Gasteiger partial charge in [0.2, 0.25) is 0 Å². The predicted octanol–water partition coefficient (Wildman–Crippen LogP) is 4.63. The van der Waals surface area contributed by atoms with Crippen LogP contribution < -0.4 is 10.6 Å². The maximum absolute atomic E-state index is 12.6. The number of nitrogens with zero attached hydrogens (tertiary/aromatic N) is 1. The summed E-state index contributed by atoms with van der Waals surface area (Å²) in [6, 6.07) is 13.8. The van der Waals surface area contributed by atoms with Crippen LogP contribution in [0.2, 0.25) is 5.02 Å². The molecule has 132 valence electrons. The number of nitrogens with one attached hydrogen (secondary N) is 2. The summed E-state index contributed by atoms with van der Waals surface area (Å²) < 4.78 is 4.53. The number of fused-ring (bicyclic) bond motifs is 1. The van der Waals surface area contributed by atoms with E-state index in [0.717, 1.165) is 10.9 Å². The van der Waals surface area contributed by atoms with Crippen molar-refractivity contribution in [2.24, 2.45) is 0 Å². The molecule has 0 atom stereocenters. The highest BCUT2D eigenvalue weighted by molar-refractivity contribution is 6.31. The number of pyridine rings is 1. The zero-order valence-corrected chi connectivity index (χ0v) is 14.9. The van der Waals surface area contributed by atoms with Gasteiger partial charge in [-0.2, -0.15) is 0 Å². The molecule has 0 radical (unpaired) electrons. The minimum absolute atomic E-state index is 0.273. The van der Waals surface area contributed by atoms with Gasteiger partial charge in [0.1, 0.15) is 0 Å². The molecule has 6 nitrogen and oxygen atoms in total. The number of aromatic nitrogens is 1. The molecule has 0 unspecified atom stereocenters. The van der Waals surface area contributed by atoms with Crippen LogP contribution in [-0.4, -0.2) is 24.1 Å². The fraction of sp³-hybridized carbons (Fsp3) is 0.105. The first-order chi connectivity index (χ1) is 12.5. The van der Waals surface area contributed by atoms with E-state index in [1.807, 2.05) is 6.07 Å². The molecule has 26 heavy (non-hydrogen) atoms. The molecule has 0 saturated carbocycles. The summed E-state index contributed by atoms with van der Waals surface area (Å²) >= 11 is 6.01. The van der Waals surface area contributed by atoms with E-state index in [2.05, 4.69) is 20.4 Å². The summed E-state index contributed by atoms with van der Waals surface area (Å²) in [5, 5.41) is 6.74. The van der Waals surface area contributed by atoms with Crippen molar-refractivity contribution < 1.29 is 14.3 Å². The summed E-state index contributed by atoms with van der Waals surface area (Å²) in [6.45, 7) is 1.78. The van der Waals surface area contributed by atoms with Crippen molar-refractivity contribution >= 4 is 45.9 Å². The van der Waals surface area contributed by atoms with E-state index in [-0.39, 0.29) is 5.91 Å². The van der Waals surface area contributed by atoms with E-state index in [1.54, 1.807) is 49.4 Å². The molecule has 3 rings (SSSR count). The van der Waals surface area contributed by atoms with Crippen molar-refractivity contribution in [1.29, 1.82) is 0 Å². The fourth-order valence-corrected chi connectivity index (χ4v) is 2.66. The van der Waals surface area contributed by atoms with E-state index in [4.69, 9.17) is 11.6 Å². The van der Waals surface area contributed by atoms with Gasteiger partial charge >= 0.3 is 6.09 Å². The van der Waals surface area contributed by atoms with Crippen molar-refractivity contribution in [3.05, 3.63) is 64.8 Å². The second kappa shape index (κ2) is 7.41. The van der Waals surface area contributed by atoms with Crippen LogP contribution in [0.3, 0.4) is 0 Å². The Morgan fingerprint density at radius 3 is 2.31 bits per heavy atom. The molecular weight excluding hydrogens is 354 g/mol. The molecule has 2 N–H and O–H groups in total. The third kappa shape index (κ3) is 3.92. The largest absolute Gasteiger partial charge is 0.453 e. The highest BCUT2D eigenvalue weighted by atomic mass is 35.5. The Hall–Kier alpha value is -3.12. The highest BCUT2D eigenvalue weighted by Gasteiger charge is 2.12. The number of halogens is 1. The lowest BCUT2D eigenvalue weighted by molar-refractivity contribution is 0.102. The van der Waals surface area contributed by atoms with E-state index < -0.39 is 6.09 Å². The van der Waals surface area contributed by atoms with Gasteiger partial charge in [-0.3, -0.25) is 15.1 Å². The van der Waals surface area contributed by atoms with Crippen molar-refractivity contribution in [3.63, 3.8) is 0 Å². The Bertz CT molecular complexity index is 987. The Kier molecular flexibility index (Phi) is 5.04. The summed E-state index contributed by atoms with van der Waals surface area (Å²) in [4.78, 5) is 28.2. The van der Waals surface area contributed by atoms with Crippen molar-refractivity contribution in [1.82, 2.24) is 4.98 Å². The van der Waals surface area contributed by atoms with Crippen LogP contribution in [0.15, 0.2) is 48.5 Å². The molecule has 1 aromatic heterocycles. The van der Waals surface area contributed by atoms with Gasteiger partial charge in [-0.25, -0.2) is 4.79 Å². The van der Waals surface area contributed by atoms with Gasteiger partial charge in [0, 0.05) is 21.8 Å². The smallest absolute Gasteiger partial charge is 0.411 e. The minimum Gasteiger partial charge on any atom is -0.453 e. The van der Waals surface area contributed by atoms with E-state index in [1.165, 1.54) is 7.11 Å². The number of carbonyl (C=O) groups is 2. The van der Waals surface area contributed by atoms with E-state index >= 15 is 0 Å². The van der Waals surface area contributed by atoms with E-state index in [0.29, 0.717) is 27.7 Å². The lowest BCUT2D eigenvalue weighted by atomic mass is 10.1. The molecule has 3 aromatic rings. The Balaban J connectivity index is 1.80. The molecule has 2 aromatic carbocycles. The fourth-order valence-electron chi connectivity index (χ4n) is 2.48. The number of rotatable bonds is 3. The standard InChI is InChI=1S/C19H16ClN3O3/c1-11-16(10-12-9-13(20)3-8-17(12)21-11)18(24)22-14-4-6-15(7-5-14)23-19(25)26-2/h3-10H,1-2H3,(H,22,24)(H,23,25). The molecule has 0 spiro atoms. The molecular formula is C19H16ClN3O3. The van der Waals surface area contributed by atoms with Crippen molar-refractivity contribution in [3.8, 4) is 0 Å². The number of amides is 2. The Labute approximate surface area is 155 Å². The SMILES string of the molecule is COC(=O)Nc1ccc(NC(=O)c2cc3cc(Cl)ccc3nc2C)cc1. The average Bonchev–Trinajstić information content (AvgIpc) is 2.63. The van der Waals surface area contributed by atoms with Crippen molar-refractivity contribution in [2.75, 3.05) is 17.7 Å². The molecule has 0 aliphatic carbocycles. The molecule has 0 aliphatic heterocycles. The topological polar surface area (TPSA) is 80.3 Å². The van der Waals surface area contributed by atoms with Gasteiger partial charge in [-0.15, -0.1) is 0 Å². The van der Waals surface area contributed by atoms with Gasteiger partial charge < -0.3 is 10.1 Å². The van der Waals surface area contributed by atoms with Crippen molar-refractivity contribution in [2.45, 2.75) is 6.92 Å². The molecule has 7 heteroatoms. The van der Waals surface area contributed by atoms with Crippen LogP contribution in [0.4, 0.5) is 16.2 Å². The Morgan fingerprint density at radius 1 is 1.00 bits per heavy atom. The summed E-state index contributed by atoms with van der Waals surface area (Å²) in [7, 11) is 1.29. The maximum atomic E-state index is 12.6.